The Morgan fingerprint density at radius 1 is 1.11 bits per heavy atom. The molecule has 3 heteroatoms. The van der Waals surface area contributed by atoms with E-state index in [4.69, 9.17) is 5.73 Å². The molecule has 3 rings (SSSR count). The predicted octanol–water partition coefficient (Wildman–Crippen LogP) is 3.08. The average molecular weight is 251 g/mol. The van der Waals surface area contributed by atoms with Gasteiger partial charge in [0, 0.05) is 5.56 Å². The van der Waals surface area contributed by atoms with Crippen LogP contribution >= 0.6 is 0 Å². The minimum Gasteiger partial charge on any atom is -0.324 e. The van der Waals surface area contributed by atoms with Crippen molar-refractivity contribution < 1.29 is 0 Å². The van der Waals surface area contributed by atoms with Gasteiger partial charge in [-0.05, 0) is 37.1 Å². The molecule has 0 radical (unpaired) electrons. The Hall–Kier alpha value is -2.13. The van der Waals surface area contributed by atoms with Gasteiger partial charge in [0.1, 0.15) is 5.82 Å². The lowest BCUT2D eigenvalue weighted by atomic mass is 10.0. The fraction of sp³-hybridized carbons (Fsp3) is 0.188. The second-order valence-electron chi connectivity index (χ2n) is 4.80. The van der Waals surface area contributed by atoms with Crippen molar-refractivity contribution in [2.75, 3.05) is 0 Å². The Bertz CT molecular complexity index is 741. The van der Waals surface area contributed by atoms with Crippen molar-refractivity contribution in [3.05, 3.63) is 59.5 Å². The van der Waals surface area contributed by atoms with Gasteiger partial charge in [0.15, 0.2) is 0 Å². The third-order valence-corrected chi connectivity index (χ3v) is 3.69. The Balaban J connectivity index is 2.36. The number of pyridine rings is 1. The third kappa shape index (κ3) is 1.83. The zero-order valence-corrected chi connectivity index (χ0v) is 11.2. The van der Waals surface area contributed by atoms with Crippen LogP contribution < -0.4 is 5.73 Å². The largest absolute Gasteiger partial charge is 0.324 e. The fourth-order valence-electron chi connectivity index (χ4n) is 2.50. The second-order valence-corrected chi connectivity index (χ2v) is 4.80. The van der Waals surface area contributed by atoms with Crippen LogP contribution in [0.4, 0.5) is 0 Å². The molecule has 0 aliphatic rings. The maximum atomic E-state index is 5.79. The highest BCUT2D eigenvalue weighted by Crippen LogP contribution is 2.27. The van der Waals surface area contributed by atoms with Crippen molar-refractivity contribution in [3.63, 3.8) is 0 Å². The molecule has 2 N–H and O–H groups in total. The molecule has 0 aliphatic heterocycles. The van der Waals surface area contributed by atoms with Gasteiger partial charge >= 0.3 is 0 Å². The van der Waals surface area contributed by atoms with Crippen molar-refractivity contribution in [2.45, 2.75) is 20.4 Å². The van der Waals surface area contributed by atoms with Gasteiger partial charge in [-0.1, -0.05) is 24.3 Å². The summed E-state index contributed by atoms with van der Waals surface area (Å²) in [6.07, 6.45) is 1.87. The SMILES string of the molecule is Cc1cccc(-c2cccc3cnc(CN)n23)c1C. The number of aromatic nitrogens is 2. The number of nitrogens with two attached hydrogens (primary N) is 1. The molecule has 0 atom stereocenters. The van der Waals surface area contributed by atoms with E-state index < -0.39 is 0 Å². The third-order valence-electron chi connectivity index (χ3n) is 3.69. The van der Waals surface area contributed by atoms with Crippen LogP contribution in [0.15, 0.2) is 42.6 Å². The molecule has 0 fully saturated rings. The summed E-state index contributed by atoms with van der Waals surface area (Å²) in [5.74, 6) is 0.895. The Kier molecular flexibility index (Phi) is 2.84. The first-order chi connectivity index (χ1) is 9.22. The van der Waals surface area contributed by atoms with Crippen LogP contribution in [0.3, 0.4) is 0 Å². The number of nitrogens with zero attached hydrogens (tertiary/aromatic N) is 2. The Morgan fingerprint density at radius 2 is 1.89 bits per heavy atom. The van der Waals surface area contributed by atoms with Gasteiger partial charge in [-0.2, -0.15) is 0 Å². The van der Waals surface area contributed by atoms with E-state index in [1.165, 1.54) is 16.7 Å². The van der Waals surface area contributed by atoms with Crippen LogP contribution in [0.2, 0.25) is 0 Å². The number of aryl methyl sites for hydroxylation is 1. The lowest BCUT2D eigenvalue weighted by Gasteiger charge is -2.12. The Morgan fingerprint density at radius 3 is 2.68 bits per heavy atom. The first-order valence-electron chi connectivity index (χ1n) is 6.44. The van der Waals surface area contributed by atoms with E-state index in [2.05, 4.69) is 59.6 Å². The summed E-state index contributed by atoms with van der Waals surface area (Å²) >= 11 is 0. The molecular formula is C16H17N3. The van der Waals surface area contributed by atoms with Crippen LogP contribution in [0.25, 0.3) is 16.8 Å². The van der Waals surface area contributed by atoms with E-state index in [0.717, 1.165) is 17.0 Å². The normalized spacial score (nSPS) is 11.1. The molecule has 0 unspecified atom stereocenters. The van der Waals surface area contributed by atoms with Crippen LogP contribution in [-0.4, -0.2) is 9.38 Å². The van der Waals surface area contributed by atoms with Crippen LogP contribution in [0.1, 0.15) is 17.0 Å². The zero-order valence-electron chi connectivity index (χ0n) is 11.2. The maximum Gasteiger partial charge on any atom is 0.127 e. The van der Waals surface area contributed by atoms with E-state index in [9.17, 15) is 0 Å². The number of imidazole rings is 1. The highest BCUT2D eigenvalue weighted by atomic mass is 15.0. The minimum absolute atomic E-state index is 0.441. The lowest BCUT2D eigenvalue weighted by molar-refractivity contribution is 0.906. The highest BCUT2D eigenvalue weighted by Gasteiger charge is 2.10. The number of hydrogen-bond donors (Lipinski definition) is 1. The molecular weight excluding hydrogens is 234 g/mol. The number of rotatable bonds is 2. The average Bonchev–Trinajstić information content (AvgIpc) is 2.85. The molecule has 0 saturated heterocycles. The van der Waals surface area contributed by atoms with Gasteiger partial charge in [-0.15, -0.1) is 0 Å². The molecule has 3 aromatic rings. The van der Waals surface area contributed by atoms with Gasteiger partial charge in [-0.3, -0.25) is 4.40 Å². The van der Waals surface area contributed by atoms with E-state index in [-0.39, 0.29) is 0 Å². The summed E-state index contributed by atoms with van der Waals surface area (Å²) in [5.41, 5.74) is 11.9. The van der Waals surface area contributed by atoms with Gasteiger partial charge in [0.05, 0.1) is 24.0 Å². The van der Waals surface area contributed by atoms with E-state index in [1.807, 2.05) is 6.20 Å². The summed E-state index contributed by atoms with van der Waals surface area (Å²) in [6, 6.07) is 12.6. The molecule has 1 aromatic carbocycles. The van der Waals surface area contributed by atoms with Gasteiger partial charge in [-0.25, -0.2) is 4.98 Å². The lowest BCUT2D eigenvalue weighted by Crippen LogP contribution is -2.05. The van der Waals surface area contributed by atoms with Gasteiger partial charge in [0.2, 0.25) is 0 Å². The van der Waals surface area contributed by atoms with E-state index in [1.54, 1.807) is 0 Å². The molecule has 3 nitrogen and oxygen atoms in total. The molecule has 96 valence electrons. The monoisotopic (exact) mass is 251 g/mol. The number of benzene rings is 1. The molecule has 0 bridgehead atoms. The predicted molar refractivity (Wildman–Crippen MR) is 78.0 cm³/mol. The van der Waals surface area contributed by atoms with Crippen LogP contribution in [-0.2, 0) is 6.54 Å². The minimum atomic E-state index is 0.441. The topological polar surface area (TPSA) is 43.3 Å². The molecule has 2 aromatic heterocycles. The molecule has 0 saturated carbocycles. The van der Waals surface area contributed by atoms with E-state index in [0.29, 0.717) is 6.54 Å². The fourth-order valence-corrected chi connectivity index (χ4v) is 2.50. The summed E-state index contributed by atoms with van der Waals surface area (Å²) in [5, 5.41) is 0. The van der Waals surface area contributed by atoms with Gasteiger partial charge in [0.25, 0.3) is 0 Å². The quantitative estimate of drug-likeness (QED) is 0.760. The Labute approximate surface area is 112 Å². The van der Waals surface area contributed by atoms with Gasteiger partial charge < -0.3 is 5.73 Å². The second kappa shape index (κ2) is 4.52. The molecule has 19 heavy (non-hydrogen) atoms. The number of hydrogen-bond acceptors (Lipinski definition) is 2. The molecule has 0 spiro atoms. The summed E-state index contributed by atoms with van der Waals surface area (Å²) in [4.78, 5) is 4.39. The van der Waals surface area contributed by atoms with Crippen molar-refractivity contribution in [1.29, 1.82) is 0 Å². The zero-order chi connectivity index (χ0) is 13.4. The van der Waals surface area contributed by atoms with Crippen molar-refractivity contribution in [3.8, 4) is 11.3 Å². The maximum absolute atomic E-state index is 5.79. The van der Waals surface area contributed by atoms with Crippen LogP contribution in [0, 0.1) is 13.8 Å². The van der Waals surface area contributed by atoms with E-state index >= 15 is 0 Å². The van der Waals surface area contributed by atoms with Crippen LogP contribution in [0.5, 0.6) is 0 Å². The smallest absolute Gasteiger partial charge is 0.127 e. The standard InChI is InChI=1S/C16H17N3/c1-11-5-3-7-14(12(11)2)15-8-4-6-13-10-18-16(9-17)19(13)15/h3-8,10H,9,17H2,1-2H3. The first-order valence-corrected chi connectivity index (χ1v) is 6.44. The molecule has 0 amide bonds. The first kappa shape index (κ1) is 11.9. The molecule has 2 heterocycles. The molecule has 0 aliphatic carbocycles. The highest BCUT2D eigenvalue weighted by molar-refractivity contribution is 5.69. The summed E-state index contributed by atoms with van der Waals surface area (Å²) < 4.78 is 2.14. The summed E-state index contributed by atoms with van der Waals surface area (Å²) in [7, 11) is 0. The summed E-state index contributed by atoms with van der Waals surface area (Å²) in [6.45, 7) is 4.73. The number of fused-ring (bicyclic) bond motifs is 1. The van der Waals surface area contributed by atoms with Crippen molar-refractivity contribution in [2.24, 2.45) is 5.73 Å². The van der Waals surface area contributed by atoms with Crippen molar-refractivity contribution >= 4 is 5.52 Å². The van der Waals surface area contributed by atoms with Crippen molar-refractivity contribution in [1.82, 2.24) is 9.38 Å².